The zero-order chi connectivity index (χ0) is 14.0. The van der Waals surface area contributed by atoms with Gasteiger partial charge in [-0.25, -0.2) is 0 Å². The largest absolute Gasteiger partial charge is 0.329 e. The lowest BCUT2D eigenvalue weighted by molar-refractivity contribution is -0.166. The molecule has 0 radical (unpaired) electrons. The molecule has 2 aliphatic heterocycles. The lowest BCUT2D eigenvalue weighted by Crippen LogP contribution is -2.67. The van der Waals surface area contributed by atoms with Gasteiger partial charge in [0.2, 0.25) is 11.8 Å². The predicted molar refractivity (Wildman–Crippen MR) is 74.6 cm³/mol. The molecule has 4 heteroatoms. The second kappa shape index (κ2) is 5.76. The highest BCUT2D eigenvalue weighted by Gasteiger charge is 2.46. The van der Waals surface area contributed by atoms with Crippen LogP contribution in [0.2, 0.25) is 0 Å². The van der Waals surface area contributed by atoms with E-state index in [-0.39, 0.29) is 29.9 Å². The second-order valence-electron chi connectivity index (χ2n) is 5.59. The van der Waals surface area contributed by atoms with Gasteiger partial charge in [-0.15, -0.1) is 6.58 Å². The van der Waals surface area contributed by atoms with Crippen molar-refractivity contribution in [2.24, 2.45) is 0 Å². The maximum atomic E-state index is 12.7. The average molecular weight is 264 g/mol. The molecule has 19 heavy (non-hydrogen) atoms. The Morgan fingerprint density at radius 3 is 2.74 bits per heavy atom. The molecule has 2 fully saturated rings. The minimum absolute atomic E-state index is 0.0583. The molecule has 0 aromatic carbocycles. The third-order valence-electron chi connectivity index (χ3n) is 4.32. The summed E-state index contributed by atoms with van der Waals surface area (Å²) in [7, 11) is 0. The van der Waals surface area contributed by atoms with E-state index in [0.29, 0.717) is 6.42 Å². The minimum atomic E-state index is -0.281. The van der Waals surface area contributed by atoms with E-state index in [1.165, 1.54) is 0 Å². The van der Waals surface area contributed by atoms with Crippen molar-refractivity contribution in [2.75, 3.05) is 6.54 Å². The predicted octanol–water partition coefficient (Wildman–Crippen LogP) is 1.95. The third-order valence-corrected chi connectivity index (χ3v) is 4.32. The van der Waals surface area contributed by atoms with Crippen molar-refractivity contribution in [2.45, 2.75) is 64.1 Å². The fraction of sp³-hybridized carbons (Fsp3) is 0.733. The molecule has 0 saturated carbocycles. The van der Waals surface area contributed by atoms with Gasteiger partial charge in [-0.05, 0) is 39.0 Å². The van der Waals surface area contributed by atoms with Crippen LogP contribution in [-0.2, 0) is 9.59 Å². The average Bonchev–Trinajstić information content (AvgIpc) is 2.42. The molecule has 0 bridgehead atoms. The number of hydrogen-bond acceptors (Lipinski definition) is 2. The molecule has 3 unspecified atom stereocenters. The van der Waals surface area contributed by atoms with E-state index >= 15 is 0 Å². The lowest BCUT2D eigenvalue weighted by atomic mass is 9.93. The summed E-state index contributed by atoms with van der Waals surface area (Å²) >= 11 is 0. The van der Waals surface area contributed by atoms with E-state index in [2.05, 4.69) is 6.58 Å². The maximum Gasteiger partial charge on any atom is 0.246 e. The van der Waals surface area contributed by atoms with E-state index in [9.17, 15) is 9.59 Å². The van der Waals surface area contributed by atoms with E-state index in [4.69, 9.17) is 0 Å². The zero-order valence-electron chi connectivity index (χ0n) is 12.0. The fourth-order valence-corrected chi connectivity index (χ4v) is 3.34. The van der Waals surface area contributed by atoms with Gasteiger partial charge in [0.25, 0.3) is 0 Å². The molecule has 2 amide bonds. The first-order valence-corrected chi connectivity index (χ1v) is 7.35. The van der Waals surface area contributed by atoms with Gasteiger partial charge in [0.15, 0.2) is 0 Å². The van der Waals surface area contributed by atoms with Crippen molar-refractivity contribution in [3.8, 4) is 0 Å². The summed E-state index contributed by atoms with van der Waals surface area (Å²) in [5, 5.41) is 0. The molecule has 2 saturated heterocycles. The second-order valence-corrected chi connectivity index (χ2v) is 5.59. The van der Waals surface area contributed by atoms with E-state index in [0.717, 1.165) is 32.2 Å². The number of piperazine rings is 1. The van der Waals surface area contributed by atoms with Crippen molar-refractivity contribution in [1.82, 2.24) is 9.80 Å². The summed E-state index contributed by atoms with van der Waals surface area (Å²) in [6.07, 6.45) is 6.13. The van der Waals surface area contributed by atoms with E-state index in [1.54, 1.807) is 0 Å². The van der Waals surface area contributed by atoms with Gasteiger partial charge in [0, 0.05) is 12.6 Å². The van der Waals surface area contributed by atoms with Crippen molar-refractivity contribution >= 4 is 11.8 Å². The number of carbonyl (C=O) groups excluding carboxylic acids is 2. The molecule has 0 spiro atoms. The van der Waals surface area contributed by atoms with Gasteiger partial charge in [-0.2, -0.15) is 0 Å². The first-order chi connectivity index (χ1) is 9.11. The first kappa shape index (κ1) is 14.1. The SMILES string of the molecule is C=CCC(C)N1C(=O)C2CCCCN2C(=O)C1CC. The van der Waals surface area contributed by atoms with Crippen molar-refractivity contribution in [3.63, 3.8) is 0 Å². The molecule has 2 rings (SSSR count). The zero-order valence-corrected chi connectivity index (χ0v) is 12.0. The molecular formula is C15H24N2O2. The standard InChI is InChI=1S/C15H24N2O2/c1-4-8-11(3)17-12(5-2)14(18)16-10-7-6-9-13(16)15(17)19/h4,11-13H,1,5-10H2,2-3H3. The van der Waals surface area contributed by atoms with Crippen LogP contribution < -0.4 is 0 Å². The van der Waals surface area contributed by atoms with Crippen LogP contribution in [0.1, 0.15) is 46.0 Å². The topological polar surface area (TPSA) is 40.6 Å². The Hall–Kier alpha value is -1.32. The molecule has 4 nitrogen and oxygen atoms in total. The molecule has 0 aromatic rings. The summed E-state index contributed by atoms with van der Waals surface area (Å²) in [5.74, 6) is 0.281. The normalized spacial score (nSPS) is 29.2. The van der Waals surface area contributed by atoms with Crippen molar-refractivity contribution in [3.05, 3.63) is 12.7 Å². The molecule has 0 aliphatic carbocycles. The van der Waals surface area contributed by atoms with Gasteiger partial charge in [-0.3, -0.25) is 9.59 Å². The summed E-state index contributed by atoms with van der Waals surface area (Å²) in [6, 6.07) is -0.434. The minimum Gasteiger partial charge on any atom is -0.329 e. The van der Waals surface area contributed by atoms with Crippen LogP contribution in [0.3, 0.4) is 0 Å². The Bertz CT molecular complexity index is 380. The third kappa shape index (κ3) is 2.40. The number of piperidine rings is 1. The van der Waals surface area contributed by atoms with Gasteiger partial charge >= 0.3 is 0 Å². The fourth-order valence-electron chi connectivity index (χ4n) is 3.34. The van der Waals surface area contributed by atoms with Crippen LogP contribution in [0, 0.1) is 0 Å². The van der Waals surface area contributed by atoms with Crippen LogP contribution >= 0.6 is 0 Å². The number of carbonyl (C=O) groups is 2. The first-order valence-electron chi connectivity index (χ1n) is 7.35. The molecule has 2 aliphatic rings. The summed E-state index contributed by atoms with van der Waals surface area (Å²) < 4.78 is 0. The Labute approximate surface area is 115 Å². The Balaban J connectivity index is 2.27. The summed E-state index contributed by atoms with van der Waals surface area (Å²) in [4.78, 5) is 28.9. The van der Waals surface area contributed by atoms with Crippen molar-refractivity contribution < 1.29 is 9.59 Å². The molecule has 106 valence electrons. The molecule has 0 N–H and O–H groups in total. The number of rotatable bonds is 4. The van der Waals surface area contributed by atoms with Crippen LogP contribution in [0.25, 0.3) is 0 Å². The Morgan fingerprint density at radius 1 is 1.37 bits per heavy atom. The number of hydrogen-bond donors (Lipinski definition) is 0. The van der Waals surface area contributed by atoms with Crippen LogP contribution in [0.15, 0.2) is 12.7 Å². The molecule has 2 heterocycles. The monoisotopic (exact) mass is 264 g/mol. The number of nitrogens with zero attached hydrogens (tertiary/aromatic N) is 2. The van der Waals surface area contributed by atoms with E-state index in [1.807, 2.05) is 29.7 Å². The lowest BCUT2D eigenvalue weighted by Gasteiger charge is -2.48. The number of amides is 2. The maximum absolute atomic E-state index is 12.7. The Morgan fingerprint density at radius 2 is 2.11 bits per heavy atom. The smallest absolute Gasteiger partial charge is 0.246 e. The van der Waals surface area contributed by atoms with Gasteiger partial charge < -0.3 is 9.80 Å². The molecule has 0 aromatic heterocycles. The Kier molecular flexibility index (Phi) is 4.27. The number of fused-ring (bicyclic) bond motifs is 1. The van der Waals surface area contributed by atoms with E-state index < -0.39 is 0 Å². The van der Waals surface area contributed by atoms with Crippen LogP contribution in [0.4, 0.5) is 0 Å². The highest BCUT2D eigenvalue weighted by atomic mass is 16.2. The molecular weight excluding hydrogens is 240 g/mol. The molecule has 3 atom stereocenters. The van der Waals surface area contributed by atoms with Gasteiger partial charge in [-0.1, -0.05) is 13.0 Å². The van der Waals surface area contributed by atoms with Crippen molar-refractivity contribution in [1.29, 1.82) is 0 Å². The van der Waals surface area contributed by atoms with Crippen LogP contribution in [0.5, 0.6) is 0 Å². The summed E-state index contributed by atoms with van der Waals surface area (Å²) in [6.45, 7) is 8.47. The van der Waals surface area contributed by atoms with Gasteiger partial charge in [0.05, 0.1) is 0 Å². The van der Waals surface area contributed by atoms with Crippen LogP contribution in [-0.4, -0.2) is 46.3 Å². The highest BCUT2D eigenvalue weighted by Crippen LogP contribution is 2.29. The quantitative estimate of drug-likeness (QED) is 0.728. The highest BCUT2D eigenvalue weighted by molar-refractivity contribution is 5.97. The van der Waals surface area contributed by atoms with Gasteiger partial charge in [0.1, 0.15) is 12.1 Å². The summed E-state index contributed by atoms with van der Waals surface area (Å²) in [5.41, 5.74) is 0.